The highest BCUT2D eigenvalue weighted by Crippen LogP contribution is 1.98. The Morgan fingerprint density at radius 3 is 2.56 bits per heavy atom. The van der Waals surface area contributed by atoms with Gasteiger partial charge in [-0.1, -0.05) is 19.0 Å². The molecule has 1 aromatic heterocycles. The van der Waals surface area contributed by atoms with Crippen molar-refractivity contribution in [3.63, 3.8) is 0 Å². The molecule has 6 heteroatoms. The molecule has 1 atom stereocenters. The summed E-state index contributed by atoms with van der Waals surface area (Å²) in [6, 6.07) is -0.0291. The fourth-order valence-corrected chi connectivity index (χ4v) is 1.57. The molecule has 0 fully saturated rings. The van der Waals surface area contributed by atoms with Crippen molar-refractivity contribution in [1.29, 1.82) is 0 Å². The molecule has 0 bridgehead atoms. The maximum Gasteiger partial charge on any atom is 0.237 e. The topological polar surface area (TPSA) is 80.0 Å². The molecule has 0 aliphatic carbocycles. The number of amides is 1. The molecule has 1 amide bonds. The standard InChI is InChI=1S/C12H22N4O2/c1-5-10(6-2)15-12(17)8(3)13-7-11-14-9(4)18-16-11/h8,10,13H,5-7H2,1-4H3,(H,15,17). The van der Waals surface area contributed by atoms with Gasteiger partial charge in [0.25, 0.3) is 0 Å². The number of hydrogen-bond acceptors (Lipinski definition) is 5. The molecule has 102 valence electrons. The first-order valence-electron chi connectivity index (χ1n) is 6.39. The van der Waals surface area contributed by atoms with Crippen LogP contribution < -0.4 is 10.6 Å². The molecule has 0 aliphatic heterocycles. The first kappa shape index (κ1) is 14.6. The highest BCUT2D eigenvalue weighted by molar-refractivity contribution is 5.81. The molecule has 1 aromatic rings. The van der Waals surface area contributed by atoms with Crippen LogP contribution in [-0.2, 0) is 11.3 Å². The molecule has 18 heavy (non-hydrogen) atoms. The van der Waals surface area contributed by atoms with Gasteiger partial charge in [-0.05, 0) is 19.8 Å². The van der Waals surface area contributed by atoms with Crippen LogP contribution in [0.1, 0.15) is 45.3 Å². The van der Waals surface area contributed by atoms with Crippen LogP contribution in [0.15, 0.2) is 4.52 Å². The summed E-state index contributed by atoms with van der Waals surface area (Å²) >= 11 is 0. The molecule has 0 aromatic carbocycles. The van der Waals surface area contributed by atoms with Gasteiger partial charge in [-0.15, -0.1) is 0 Å². The van der Waals surface area contributed by atoms with E-state index in [0.29, 0.717) is 18.3 Å². The van der Waals surface area contributed by atoms with E-state index in [4.69, 9.17) is 4.52 Å². The lowest BCUT2D eigenvalue weighted by Crippen LogP contribution is -2.45. The van der Waals surface area contributed by atoms with Crippen LogP contribution in [0.25, 0.3) is 0 Å². The molecule has 0 saturated heterocycles. The maximum absolute atomic E-state index is 11.9. The van der Waals surface area contributed by atoms with Crippen molar-refractivity contribution in [2.75, 3.05) is 0 Å². The lowest BCUT2D eigenvalue weighted by Gasteiger charge is -2.18. The van der Waals surface area contributed by atoms with Crippen LogP contribution >= 0.6 is 0 Å². The van der Waals surface area contributed by atoms with Crippen molar-refractivity contribution in [2.24, 2.45) is 0 Å². The third kappa shape index (κ3) is 4.44. The summed E-state index contributed by atoms with van der Waals surface area (Å²) in [5.41, 5.74) is 0. The number of hydrogen-bond donors (Lipinski definition) is 2. The Bertz CT molecular complexity index is 374. The Hall–Kier alpha value is -1.43. The van der Waals surface area contributed by atoms with Crippen molar-refractivity contribution in [3.05, 3.63) is 11.7 Å². The Kier molecular flexibility index (Phi) is 5.77. The number of carbonyl (C=O) groups excluding carboxylic acids is 1. The fourth-order valence-electron chi connectivity index (χ4n) is 1.57. The summed E-state index contributed by atoms with van der Waals surface area (Å²) in [6.07, 6.45) is 1.89. The molecule has 2 N–H and O–H groups in total. The monoisotopic (exact) mass is 254 g/mol. The lowest BCUT2D eigenvalue weighted by atomic mass is 10.1. The number of aromatic nitrogens is 2. The second-order valence-electron chi connectivity index (χ2n) is 4.35. The van der Waals surface area contributed by atoms with Gasteiger partial charge >= 0.3 is 0 Å². The maximum atomic E-state index is 11.9. The molecule has 1 rings (SSSR count). The van der Waals surface area contributed by atoms with Crippen molar-refractivity contribution < 1.29 is 9.32 Å². The second kappa shape index (κ2) is 7.10. The number of carbonyl (C=O) groups is 1. The molecule has 0 spiro atoms. The van der Waals surface area contributed by atoms with E-state index in [1.165, 1.54) is 0 Å². The van der Waals surface area contributed by atoms with Gasteiger partial charge in [0, 0.05) is 13.0 Å². The highest BCUT2D eigenvalue weighted by atomic mass is 16.5. The Morgan fingerprint density at radius 1 is 1.39 bits per heavy atom. The van der Waals surface area contributed by atoms with Gasteiger partial charge in [0.2, 0.25) is 11.8 Å². The molecule has 0 saturated carbocycles. The molecule has 1 unspecified atom stereocenters. The predicted octanol–water partition coefficient (Wildman–Crippen LogP) is 1.16. The Labute approximate surface area is 108 Å². The van der Waals surface area contributed by atoms with E-state index >= 15 is 0 Å². The second-order valence-corrected chi connectivity index (χ2v) is 4.35. The molecular formula is C12H22N4O2. The number of rotatable bonds is 7. The van der Waals surface area contributed by atoms with E-state index in [1.807, 2.05) is 6.92 Å². The summed E-state index contributed by atoms with van der Waals surface area (Å²) in [5.74, 6) is 1.10. The minimum atomic E-state index is -0.274. The molecule has 1 heterocycles. The average Bonchev–Trinajstić information content (AvgIpc) is 2.78. The minimum absolute atomic E-state index is 0.00363. The van der Waals surface area contributed by atoms with Gasteiger partial charge in [-0.3, -0.25) is 10.1 Å². The van der Waals surface area contributed by atoms with Crippen LogP contribution in [0.2, 0.25) is 0 Å². The SMILES string of the molecule is CCC(CC)NC(=O)C(C)NCc1noc(C)n1. The third-order valence-corrected chi connectivity index (χ3v) is 2.86. The van der Waals surface area contributed by atoms with Gasteiger partial charge < -0.3 is 9.84 Å². The summed E-state index contributed by atoms with van der Waals surface area (Å²) in [4.78, 5) is 15.9. The number of aryl methyl sites for hydroxylation is 1. The van der Waals surface area contributed by atoms with E-state index in [9.17, 15) is 4.79 Å². The van der Waals surface area contributed by atoms with Crippen molar-refractivity contribution in [1.82, 2.24) is 20.8 Å². The zero-order chi connectivity index (χ0) is 13.5. The summed E-state index contributed by atoms with van der Waals surface area (Å²) in [5, 5.41) is 9.82. The fraction of sp³-hybridized carbons (Fsp3) is 0.750. The van der Waals surface area contributed by atoms with Gasteiger partial charge in [0.05, 0.1) is 12.6 Å². The van der Waals surface area contributed by atoms with Crippen LogP contribution in [0, 0.1) is 6.92 Å². The van der Waals surface area contributed by atoms with E-state index < -0.39 is 0 Å². The summed E-state index contributed by atoms with van der Waals surface area (Å²) < 4.78 is 4.85. The van der Waals surface area contributed by atoms with Crippen molar-refractivity contribution in [2.45, 2.75) is 59.2 Å². The van der Waals surface area contributed by atoms with E-state index in [1.54, 1.807) is 6.92 Å². The van der Waals surface area contributed by atoms with Gasteiger partial charge in [0.15, 0.2) is 5.82 Å². The van der Waals surface area contributed by atoms with E-state index in [2.05, 4.69) is 34.6 Å². The summed E-state index contributed by atoms with van der Waals surface area (Å²) in [7, 11) is 0. The van der Waals surface area contributed by atoms with E-state index in [0.717, 1.165) is 12.8 Å². The minimum Gasteiger partial charge on any atom is -0.352 e. The first-order valence-corrected chi connectivity index (χ1v) is 6.39. The first-order chi connectivity index (χ1) is 8.56. The van der Waals surface area contributed by atoms with E-state index in [-0.39, 0.29) is 18.0 Å². The number of nitrogens with one attached hydrogen (secondary N) is 2. The van der Waals surface area contributed by atoms with Crippen LogP contribution in [0.5, 0.6) is 0 Å². The quantitative estimate of drug-likeness (QED) is 0.763. The molecule has 0 radical (unpaired) electrons. The van der Waals surface area contributed by atoms with Gasteiger partial charge in [0.1, 0.15) is 0 Å². The van der Waals surface area contributed by atoms with Crippen LogP contribution in [0.4, 0.5) is 0 Å². The normalized spacial score (nSPS) is 12.7. The van der Waals surface area contributed by atoms with Crippen LogP contribution in [-0.4, -0.2) is 28.1 Å². The zero-order valence-corrected chi connectivity index (χ0v) is 11.5. The van der Waals surface area contributed by atoms with Gasteiger partial charge in [-0.25, -0.2) is 0 Å². The summed E-state index contributed by atoms with van der Waals surface area (Å²) in [6.45, 7) is 8.11. The zero-order valence-electron chi connectivity index (χ0n) is 11.5. The van der Waals surface area contributed by atoms with Crippen molar-refractivity contribution in [3.8, 4) is 0 Å². The Balaban J connectivity index is 2.35. The lowest BCUT2D eigenvalue weighted by molar-refractivity contribution is -0.123. The molecular weight excluding hydrogens is 232 g/mol. The molecule has 6 nitrogen and oxygen atoms in total. The van der Waals surface area contributed by atoms with Crippen LogP contribution in [0.3, 0.4) is 0 Å². The largest absolute Gasteiger partial charge is 0.352 e. The molecule has 0 aliphatic rings. The van der Waals surface area contributed by atoms with Gasteiger partial charge in [-0.2, -0.15) is 4.98 Å². The highest BCUT2D eigenvalue weighted by Gasteiger charge is 2.15. The third-order valence-electron chi connectivity index (χ3n) is 2.86. The number of nitrogens with zero attached hydrogens (tertiary/aromatic N) is 2. The Morgan fingerprint density at radius 2 is 2.06 bits per heavy atom. The average molecular weight is 254 g/mol. The smallest absolute Gasteiger partial charge is 0.237 e. The predicted molar refractivity (Wildman–Crippen MR) is 67.8 cm³/mol. The van der Waals surface area contributed by atoms with Crippen molar-refractivity contribution >= 4 is 5.91 Å².